The number of carbonyl (C=O) groups is 1. The fourth-order valence-corrected chi connectivity index (χ4v) is 1.87. The maximum absolute atomic E-state index is 12.3. The Morgan fingerprint density at radius 1 is 1.20 bits per heavy atom. The fourth-order valence-electron chi connectivity index (χ4n) is 1.87. The molecule has 0 aliphatic heterocycles. The molecule has 112 valence electrons. The predicted molar refractivity (Wildman–Crippen MR) is 80.4 cm³/mol. The maximum Gasteiger partial charge on any atom is 0.230 e. The standard InChI is InChI=1S/C16H25NO3/c1-11(2)10-17-15(18)16(3,4)12-7-8-13(19-5)14(9-12)20-6/h7-9,11H,10H2,1-6H3,(H,17,18). The summed E-state index contributed by atoms with van der Waals surface area (Å²) in [5.41, 5.74) is 0.283. The van der Waals surface area contributed by atoms with E-state index < -0.39 is 5.41 Å². The third-order valence-corrected chi connectivity index (χ3v) is 3.34. The molecular weight excluding hydrogens is 254 g/mol. The molecule has 4 heteroatoms. The van der Waals surface area contributed by atoms with Gasteiger partial charge >= 0.3 is 0 Å². The van der Waals surface area contributed by atoms with Gasteiger partial charge in [0.1, 0.15) is 0 Å². The zero-order chi connectivity index (χ0) is 15.3. The van der Waals surface area contributed by atoms with Gasteiger partial charge in [-0.25, -0.2) is 0 Å². The zero-order valence-electron chi connectivity index (χ0n) is 13.2. The van der Waals surface area contributed by atoms with Gasteiger partial charge in [0.15, 0.2) is 11.5 Å². The monoisotopic (exact) mass is 279 g/mol. The second-order valence-electron chi connectivity index (χ2n) is 5.80. The molecule has 1 aromatic carbocycles. The Balaban J connectivity index is 2.99. The molecule has 0 radical (unpaired) electrons. The van der Waals surface area contributed by atoms with Crippen LogP contribution in [0.25, 0.3) is 0 Å². The largest absolute Gasteiger partial charge is 0.493 e. The molecule has 0 fully saturated rings. The van der Waals surface area contributed by atoms with Crippen molar-refractivity contribution in [3.63, 3.8) is 0 Å². The summed E-state index contributed by atoms with van der Waals surface area (Å²) in [6.45, 7) is 8.64. The summed E-state index contributed by atoms with van der Waals surface area (Å²) in [5, 5.41) is 2.98. The van der Waals surface area contributed by atoms with Crippen LogP contribution in [0.1, 0.15) is 33.3 Å². The molecule has 1 aromatic rings. The molecule has 0 atom stereocenters. The van der Waals surface area contributed by atoms with Crippen LogP contribution in [-0.4, -0.2) is 26.7 Å². The Kier molecular flexibility index (Phi) is 5.43. The fraction of sp³-hybridized carbons (Fsp3) is 0.562. The molecular formula is C16H25NO3. The quantitative estimate of drug-likeness (QED) is 0.871. The highest BCUT2D eigenvalue weighted by Crippen LogP contribution is 2.33. The van der Waals surface area contributed by atoms with Gasteiger partial charge in [0, 0.05) is 6.54 Å². The van der Waals surface area contributed by atoms with Crippen molar-refractivity contribution in [1.29, 1.82) is 0 Å². The number of amides is 1. The minimum atomic E-state index is -0.617. The lowest BCUT2D eigenvalue weighted by Gasteiger charge is -2.25. The first-order chi connectivity index (χ1) is 9.32. The van der Waals surface area contributed by atoms with Crippen LogP contribution >= 0.6 is 0 Å². The summed E-state index contributed by atoms with van der Waals surface area (Å²) < 4.78 is 10.5. The lowest BCUT2D eigenvalue weighted by molar-refractivity contribution is -0.125. The van der Waals surface area contributed by atoms with E-state index in [-0.39, 0.29) is 5.91 Å². The summed E-state index contributed by atoms with van der Waals surface area (Å²) in [6, 6.07) is 5.58. The van der Waals surface area contributed by atoms with Crippen molar-refractivity contribution in [1.82, 2.24) is 5.32 Å². The lowest BCUT2D eigenvalue weighted by atomic mass is 9.83. The number of hydrogen-bond acceptors (Lipinski definition) is 3. The minimum absolute atomic E-state index is 0.0124. The molecule has 4 nitrogen and oxygen atoms in total. The Morgan fingerprint density at radius 3 is 2.30 bits per heavy atom. The van der Waals surface area contributed by atoms with E-state index in [1.165, 1.54) is 0 Å². The topological polar surface area (TPSA) is 47.6 Å². The summed E-state index contributed by atoms with van der Waals surface area (Å²) in [7, 11) is 3.19. The molecule has 1 rings (SSSR count). The van der Waals surface area contributed by atoms with Crippen molar-refractivity contribution in [2.24, 2.45) is 5.92 Å². The van der Waals surface area contributed by atoms with Crippen LogP contribution in [-0.2, 0) is 10.2 Å². The van der Waals surface area contributed by atoms with Crippen LogP contribution in [0.15, 0.2) is 18.2 Å². The molecule has 1 amide bonds. The number of methoxy groups -OCH3 is 2. The van der Waals surface area contributed by atoms with E-state index >= 15 is 0 Å². The zero-order valence-corrected chi connectivity index (χ0v) is 13.2. The highest BCUT2D eigenvalue weighted by molar-refractivity contribution is 5.87. The van der Waals surface area contributed by atoms with E-state index in [0.29, 0.717) is 24.0 Å². The number of benzene rings is 1. The molecule has 0 bridgehead atoms. The molecule has 0 unspecified atom stereocenters. The van der Waals surface area contributed by atoms with Crippen molar-refractivity contribution < 1.29 is 14.3 Å². The molecule has 0 heterocycles. The van der Waals surface area contributed by atoms with Crippen molar-refractivity contribution in [3.8, 4) is 11.5 Å². The third-order valence-electron chi connectivity index (χ3n) is 3.34. The second-order valence-corrected chi connectivity index (χ2v) is 5.80. The van der Waals surface area contributed by atoms with Crippen LogP contribution in [0.3, 0.4) is 0 Å². The number of hydrogen-bond donors (Lipinski definition) is 1. The minimum Gasteiger partial charge on any atom is -0.493 e. The molecule has 1 N–H and O–H groups in total. The third kappa shape index (κ3) is 3.65. The Hall–Kier alpha value is -1.71. The number of rotatable bonds is 6. The summed E-state index contributed by atoms with van der Waals surface area (Å²) in [4.78, 5) is 12.3. The van der Waals surface area contributed by atoms with Gasteiger partial charge in [-0.05, 0) is 37.5 Å². The molecule has 0 aliphatic carbocycles. The van der Waals surface area contributed by atoms with Gasteiger partial charge in [-0.2, -0.15) is 0 Å². The Labute approximate surface area is 121 Å². The lowest BCUT2D eigenvalue weighted by Crippen LogP contribution is -2.41. The van der Waals surface area contributed by atoms with Crippen LogP contribution in [0.2, 0.25) is 0 Å². The normalized spacial score (nSPS) is 11.3. The average Bonchev–Trinajstić information content (AvgIpc) is 2.43. The average molecular weight is 279 g/mol. The molecule has 0 aliphatic rings. The maximum atomic E-state index is 12.3. The van der Waals surface area contributed by atoms with Crippen molar-refractivity contribution >= 4 is 5.91 Å². The van der Waals surface area contributed by atoms with Crippen LogP contribution < -0.4 is 14.8 Å². The number of ether oxygens (including phenoxy) is 2. The van der Waals surface area contributed by atoms with Crippen LogP contribution in [0, 0.1) is 5.92 Å². The van der Waals surface area contributed by atoms with E-state index in [1.807, 2.05) is 32.0 Å². The van der Waals surface area contributed by atoms with Gasteiger partial charge in [0.05, 0.1) is 19.6 Å². The molecule has 0 spiro atoms. The van der Waals surface area contributed by atoms with Crippen LogP contribution in [0.5, 0.6) is 11.5 Å². The first-order valence-electron chi connectivity index (χ1n) is 6.83. The predicted octanol–water partition coefficient (Wildman–Crippen LogP) is 2.75. The van der Waals surface area contributed by atoms with Crippen molar-refractivity contribution in [3.05, 3.63) is 23.8 Å². The number of nitrogens with one attached hydrogen (secondary N) is 1. The van der Waals surface area contributed by atoms with E-state index in [4.69, 9.17) is 9.47 Å². The first-order valence-corrected chi connectivity index (χ1v) is 6.83. The molecule has 20 heavy (non-hydrogen) atoms. The van der Waals surface area contributed by atoms with E-state index in [0.717, 1.165) is 5.56 Å². The van der Waals surface area contributed by atoms with Gasteiger partial charge in [0.25, 0.3) is 0 Å². The summed E-state index contributed by atoms with van der Waals surface area (Å²) >= 11 is 0. The highest BCUT2D eigenvalue weighted by atomic mass is 16.5. The Bertz CT molecular complexity index is 467. The second kappa shape index (κ2) is 6.64. The van der Waals surface area contributed by atoms with Crippen LogP contribution in [0.4, 0.5) is 0 Å². The number of carbonyl (C=O) groups excluding carboxylic acids is 1. The molecule has 0 saturated carbocycles. The van der Waals surface area contributed by atoms with E-state index in [2.05, 4.69) is 19.2 Å². The SMILES string of the molecule is COc1ccc(C(C)(C)C(=O)NCC(C)C)cc1OC. The summed E-state index contributed by atoms with van der Waals surface area (Å²) in [6.07, 6.45) is 0. The van der Waals surface area contributed by atoms with Crippen molar-refractivity contribution in [2.45, 2.75) is 33.1 Å². The molecule has 0 saturated heterocycles. The first kappa shape index (κ1) is 16.3. The van der Waals surface area contributed by atoms with Gasteiger partial charge in [-0.1, -0.05) is 19.9 Å². The van der Waals surface area contributed by atoms with Gasteiger partial charge in [-0.3, -0.25) is 4.79 Å². The summed E-state index contributed by atoms with van der Waals surface area (Å²) in [5.74, 6) is 1.74. The molecule has 0 aromatic heterocycles. The van der Waals surface area contributed by atoms with Gasteiger partial charge in [-0.15, -0.1) is 0 Å². The highest BCUT2D eigenvalue weighted by Gasteiger charge is 2.30. The van der Waals surface area contributed by atoms with E-state index in [1.54, 1.807) is 14.2 Å². The smallest absolute Gasteiger partial charge is 0.230 e. The van der Waals surface area contributed by atoms with Gasteiger partial charge < -0.3 is 14.8 Å². The van der Waals surface area contributed by atoms with Crippen molar-refractivity contribution in [2.75, 3.05) is 20.8 Å². The van der Waals surface area contributed by atoms with E-state index in [9.17, 15) is 4.79 Å². The Morgan fingerprint density at radius 2 is 1.80 bits per heavy atom. The van der Waals surface area contributed by atoms with Gasteiger partial charge in [0.2, 0.25) is 5.91 Å².